The van der Waals surface area contributed by atoms with Gasteiger partial charge in [0, 0.05) is 47.8 Å². The molecule has 0 bridgehead atoms. The Morgan fingerprint density at radius 3 is 1.58 bits per heavy atom. The van der Waals surface area contributed by atoms with E-state index in [1.807, 2.05) is 35.6 Å². The topological polar surface area (TPSA) is 30.7 Å². The fraction of sp³-hybridized carbons (Fsp3) is 0. The summed E-state index contributed by atoms with van der Waals surface area (Å²) in [7, 11) is 0. The van der Waals surface area contributed by atoms with Gasteiger partial charge in [0.25, 0.3) is 0 Å². The summed E-state index contributed by atoms with van der Waals surface area (Å²) in [5.74, 6) is 0. The number of fused-ring (bicyclic) bond motifs is 11. The molecule has 0 amide bonds. The van der Waals surface area contributed by atoms with Crippen LogP contribution in [0.4, 0.5) is 0 Å². The van der Waals surface area contributed by atoms with E-state index < -0.39 is 0 Å². The first-order valence-electron chi connectivity index (χ1n) is 16.9. The maximum Gasteiger partial charge on any atom is 0.0973 e. The van der Waals surface area contributed by atoms with Crippen LogP contribution in [0.1, 0.15) is 0 Å². The molecule has 50 heavy (non-hydrogen) atoms. The highest BCUT2D eigenvalue weighted by atomic mass is 32.1. The molecule has 11 rings (SSSR count). The minimum Gasteiger partial charge on any atom is -0.309 e. The molecule has 0 unspecified atom stereocenters. The first-order chi connectivity index (χ1) is 24.8. The third kappa shape index (κ3) is 4.03. The second kappa shape index (κ2) is 10.6. The molecule has 0 aliphatic heterocycles. The standard InChI is InChI=1S/C46H27N3S/c1-3-11-33-28(9-1)19-24-39-43(33)44-34-12-4-2-10-29(34)20-25-40(44)49(39)32-22-17-30(18-23-32)45-46(48-38-15-7-6-14-37(38)47-45)31-21-26-42-36(27-31)35-13-5-8-16-41(35)50-42/h1-27H. The summed E-state index contributed by atoms with van der Waals surface area (Å²) >= 11 is 1.83. The molecule has 0 radical (unpaired) electrons. The van der Waals surface area contributed by atoms with Crippen LogP contribution in [0.15, 0.2) is 164 Å². The molecule has 0 fully saturated rings. The van der Waals surface area contributed by atoms with Crippen molar-refractivity contribution in [3.05, 3.63) is 164 Å². The van der Waals surface area contributed by atoms with Crippen molar-refractivity contribution in [1.29, 1.82) is 0 Å². The Hall–Kier alpha value is -6.36. The lowest BCUT2D eigenvalue weighted by Crippen LogP contribution is -1.97. The molecule has 0 aliphatic rings. The van der Waals surface area contributed by atoms with Crippen LogP contribution >= 0.6 is 11.3 Å². The van der Waals surface area contributed by atoms with E-state index >= 15 is 0 Å². The number of nitrogens with zero attached hydrogens (tertiary/aromatic N) is 3. The van der Waals surface area contributed by atoms with E-state index in [2.05, 4.69) is 144 Å². The van der Waals surface area contributed by atoms with Crippen molar-refractivity contribution in [1.82, 2.24) is 14.5 Å². The Kier molecular flexibility index (Phi) is 5.83. The van der Waals surface area contributed by atoms with E-state index in [1.165, 1.54) is 63.5 Å². The maximum absolute atomic E-state index is 5.25. The molecule has 0 saturated carbocycles. The first kappa shape index (κ1) is 27.6. The third-order valence-electron chi connectivity index (χ3n) is 10.2. The minimum atomic E-state index is 0.883. The monoisotopic (exact) mass is 653 g/mol. The molecule has 3 nitrogen and oxygen atoms in total. The molecular formula is C46H27N3S. The van der Waals surface area contributed by atoms with Gasteiger partial charge in [-0.25, -0.2) is 9.97 Å². The summed E-state index contributed by atoms with van der Waals surface area (Å²) in [5.41, 5.74) is 9.17. The summed E-state index contributed by atoms with van der Waals surface area (Å²) < 4.78 is 4.99. The van der Waals surface area contributed by atoms with Crippen molar-refractivity contribution in [3.63, 3.8) is 0 Å². The fourth-order valence-electron chi connectivity index (χ4n) is 7.87. The molecule has 8 aromatic carbocycles. The quantitative estimate of drug-likeness (QED) is 0.190. The van der Waals surface area contributed by atoms with Crippen molar-refractivity contribution >= 4 is 85.9 Å². The van der Waals surface area contributed by atoms with E-state index in [0.29, 0.717) is 0 Å². The summed E-state index contributed by atoms with van der Waals surface area (Å²) in [4.78, 5) is 10.5. The van der Waals surface area contributed by atoms with Crippen molar-refractivity contribution in [2.75, 3.05) is 0 Å². The number of para-hydroxylation sites is 2. The van der Waals surface area contributed by atoms with Gasteiger partial charge in [-0.05, 0) is 76.1 Å². The minimum absolute atomic E-state index is 0.883. The number of thiophene rings is 1. The Labute approximate surface area is 291 Å². The van der Waals surface area contributed by atoms with Gasteiger partial charge in [0.2, 0.25) is 0 Å². The molecule has 232 valence electrons. The first-order valence-corrected chi connectivity index (χ1v) is 17.7. The average Bonchev–Trinajstić information content (AvgIpc) is 3.73. The summed E-state index contributed by atoms with van der Waals surface area (Å²) in [6.45, 7) is 0. The number of benzene rings is 8. The van der Waals surface area contributed by atoms with Gasteiger partial charge in [0.15, 0.2) is 0 Å². The number of hydrogen-bond acceptors (Lipinski definition) is 3. The largest absolute Gasteiger partial charge is 0.309 e. The molecule has 4 heteroatoms. The molecule has 0 atom stereocenters. The van der Waals surface area contributed by atoms with Crippen molar-refractivity contribution in [3.8, 4) is 28.2 Å². The normalized spacial score (nSPS) is 12.0. The Balaban J connectivity index is 1.13. The molecule has 3 heterocycles. The van der Waals surface area contributed by atoms with E-state index in [-0.39, 0.29) is 0 Å². The van der Waals surface area contributed by atoms with E-state index in [4.69, 9.17) is 9.97 Å². The Bertz CT molecular complexity index is 3060. The molecular weight excluding hydrogens is 627 g/mol. The highest BCUT2D eigenvalue weighted by molar-refractivity contribution is 7.25. The summed E-state index contributed by atoms with van der Waals surface area (Å²) in [6, 6.07) is 58.9. The van der Waals surface area contributed by atoms with Gasteiger partial charge in [0.1, 0.15) is 0 Å². The number of aromatic nitrogens is 3. The van der Waals surface area contributed by atoms with E-state index in [9.17, 15) is 0 Å². The third-order valence-corrected chi connectivity index (χ3v) is 11.3. The molecule has 0 aliphatic carbocycles. The lowest BCUT2D eigenvalue weighted by atomic mass is 10.00. The highest BCUT2D eigenvalue weighted by Gasteiger charge is 2.19. The zero-order valence-electron chi connectivity index (χ0n) is 26.8. The van der Waals surface area contributed by atoms with Crippen LogP contribution in [0.25, 0.3) is 103 Å². The Morgan fingerprint density at radius 1 is 0.400 bits per heavy atom. The lowest BCUT2D eigenvalue weighted by molar-refractivity contribution is 1.18. The molecule has 3 aromatic heterocycles. The van der Waals surface area contributed by atoms with Gasteiger partial charge in [-0.1, -0.05) is 109 Å². The van der Waals surface area contributed by atoms with Gasteiger partial charge in [0.05, 0.1) is 33.5 Å². The van der Waals surface area contributed by atoms with Gasteiger partial charge in [-0.15, -0.1) is 11.3 Å². The maximum atomic E-state index is 5.25. The van der Waals surface area contributed by atoms with Gasteiger partial charge in [-0.2, -0.15) is 0 Å². The zero-order valence-corrected chi connectivity index (χ0v) is 27.7. The van der Waals surface area contributed by atoms with Crippen LogP contribution in [-0.2, 0) is 0 Å². The van der Waals surface area contributed by atoms with E-state index in [0.717, 1.165) is 39.2 Å². The second-order valence-electron chi connectivity index (χ2n) is 13.0. The molecule has 0 saturated heterocycles. The predicted octanol–water partition coefficient (Wildman–Crippen LogP) is 12.7. The predicted molar refractivity (Wildman–Crippen MR) is 213 cm³/mol. The van der Waals surface area contributed by atoms with Crippen molar-refractivity contribution < 1.29 is 0 Å². The fourth-order valence-corrected chi connectivity index (χ4v) is 8.96. The van der Waals surface area contributed by atoms with Crippen LogP contribution in [0, 0.1) is 0 Å². The van der Waals surface area contributed by atoms with Crippen LogP contribution in [0.5, 0.6) is 0 Å². The van der Waals surface area contributed by atoms with E-state index in [1.54, 1.807) is 0 Å². The molecule has 0 spiro atoms. The SMILES string of the molecule is c1ccc2c(c1)ccc1c2c2c3ccccc3ccc2n1-c1ccc(-c2nc3ccccc3nc2-c2ccc3sc4ccccc4c3c2)cc1. The van der Waals surface area contributed by atoms with Crippen LogP contribution in [0.3, 0.4) is 0 Å². The summed E-state index contributed by atoms with van der Waals surface area (Å²) in [6.07, 6.45) is 0. The molecule has 11 aromatic rings. The number of rotatable bonds is 3. The zero-order chi connectivity index (χ0) is 32.8. The van der Waals surface area contributed by atoms with Crippen LogP contribution in [0.2, 0.25) is 0 Å². The van der Waals surface area contributed by atoms with Crippen molar-refractivity contribution in [2.24, 2.45) is 0 Å². The van der Waals surface area contributed by atoms with Crippen molar-refractivity contribution in [2.45, 2.75) is 0 Å². The smallest absolute Gasteiger partial charge is 0.0973 e. The Morgan fingerprint density at radius 2 is 0.920 bits per heavy atom. The van der Waals surface area contributed by atoms with Crippen LogP contribution in [-0.4, -0.2) is 14.5 Å². The van der Waals surface area contributed by atoms with Gasteiger partial charge >= 0.3 is 0 Å². The van der Waals surface area contributed by atoms with Gasteiger partial charge in [-0.3, -0.25) is 0 Å². The lowest BCUT2D eigenvalue weighted by Gasteiger charge is -2.13. The highest BCUT2D eigenvalue weighted by Crippen LogP contribution is 2.42. The molecule has 0 N–H and O–H groups in total. The summed E-state index contributed by atoms with van der Waals surface area (Å²) in [5, 5.41) is 10.2. The average molecular weight is 654 g/mol. The number of hydrogen-bond donors (Lipinski definition) is 0. The van der Waals surface area contributed by atoms with Crippen LogP contribution < -0.4 is 0 Å². The second-order valence-corrected chi connectivity index (χ2v) is 14.0. The van der Waals surface area contributed by atoms with Gasteiger partial charge < -0.3 is 4.57 Å².